The summed E-state index contributed by atoms with van der Waals surface area (Å²) in [4.78, 5) is 4.44. The van der Waals surface area contributed by atoms with Gasteiger partial charge in [0, 0.05) is 23.0 Å². The molecule has 1 N–H and O–H groups in total. The maximum atomic E-state index is 4.44. The van der Waals surface area contributed by atoms with Crippen molar-refractivity contribution < 1.29 is 0 Å². The average molecular weight is 269 g/mol. The standard InChI is InChI=1S/C17H23N3/c1-3-14-6-4-5-7-15(14)20-13-19-12-16(20)17(2)8-10-18-11-9-17/h4-7,12-13,18H,3,8-11H2,1-2H3. The van der Waals surface area contributed by atoms with Crippen LogP contribution in [0.25, 0.3) is 5.69 Å². The van der Waals surface area contributed by atoms with E-state index in [0.717, 1.165) is 19.5 Å². The number of benzene rings is 1. The Bertz CT molecular complexity index is 579. The molecule has 0 saturated carbocycles. The van der Waals surface area contributed by atoms with Gasteiger partial charge in [0.15, 0.2) is 0 Å². The normalized spacial score (nSPS) is 18.1. The second kappa shape index (κ2) is 5.41. The van der Waals surface area contributed by atoms with E-state index in [2.05, 4.69) is 59.2 Å². The Balaban J connectivity index is 2.06. The first-order valence-corrected chi connectivity index (χ1v) is 7.56. The summed E-state index contributed by atoms with van der Waals surface area (Å²) in [6.45, 7) is 6.77. The summed E-state index contributed by atoms with van der Waals surface area (Å²) >= 11 is 0. The second-order valence-electron chi connectivity index (χ2n) is 5.94. The Morgan fingerprint density at radius 2 is 2.00 bits per heavy atom. The first kappa shape index (κ1) is 13.4. The van der Waals surface area contributed by atoms with Crippen LogP contribution in [0, 0.1) is 0 Å². The molecule has 20 heavy (non-hydrogen) atoms. The van der Waals surface area contributed by atoms with E-state index in [1.54, 1.807) is 0 Å². The maximum Gasteiger partial charge on any atom is 0.0994 e. The van der Waals surface area contributed by atoms with Crippen molar-refractivity contribution >= 4 is 0 Å². The smallest absolute Gasteiger partial charge is 0.0994 e. The fraction of sp³-hybridized carbons (Fsp3) is 0.471. The predicted octanol–water partition coefficient (Wildman–Crippen LogP) is 3.08. The lowest BCUT2D eigenvalue weighted by molar-refractivity contribution is 0.324. The zero-order valence-electron chi connectivity index (χ0n) is 12.4. The zero-order chi connectivity index (χ0) is 14.0. The van der Waals surface area contributed by atoms with Crippen molar-refractivity contribution in [2.75, 3.05) is 13.1 Å². The van der Waals surface area contributed by atoms with E-state index in [-0.39, 0.29) is 5.41 Å². The van der Waals surface area contributed by atoms with Gasteiger partial charge in [-0.2, -0.15) is 0 Å². The van der Waals surface area contributed by atoms with Gasteiger partial charge in [0.25, 0.3) is 0 Å². The quantitative estimate of drug-likeness (QED) is 0.928. The molecule has 2 aromatic rings. The summed E-state index contributed by atoms with van der Waals surface area (Å²) in [6, 6.07) is 8.65. The van der Waals surface area contributed by atoms with Crippen LogP contribution in [-0.2, 0) is 11.8 Å². The van der Waals surface area contributed by atoms with Gasteiger partial charge in [-0.3, -0.25) is 0 Å². The average Bonchev–Trinajstić information content (AvgIpc) is 2.98. The molecular weight excluding hydrogens is 246 g/mol. The number of nitrogens with zero attached hydrogens (tertiary/aromatic N) is 2. The summed E-state index contributed by atoms with van der Waals surface area (Å²) in [5.41, 5.74) is 4.23. The molecule has 106 valence electrons. The highest BCUT2D eigenvalue weighted by Crippen LogP contribution is 2.34. The third-order valence-electron chi connectivity index (χ3n) is 4.60. The SMILES string of the molecule is CCc1ccccc1-n1cncc1C1(C)CCNCC1. The maximum absolute atomic E-state index is 4.44. The van der Waals surface area contributed by atoms with Crippen molar-refractivity contribution in [2.24, 2.45) is 0 Å². The van der Waals surface area contributed by atoms with Crippen molar-refractivity contribution in [3.63, 3.8) is 0 Å². The van der Waals surface area contributed by atoms with E-state index < -0.39 is 0 Å². The van der Waals surface area contributed by atoms with Crippen molar-refractivity contribution in [3.8, 4) is 5.69 Å². The van der Waals surface area contributed by atoms with Crippen LogP contribution >= 0.6 is 0 Å². The first-order chi connectivity index (χ1) is 9.74. The number of imidazole rings is 1. The lowest BCUT2D eigenvalue weighted by Gasteiger charge is -2.34. The number of rotatable bonds is 3. The van der Waals surface area contributed by atoms with Crippen molar-refractivity contribution in [1.82, 2.24) is 14.9 Å². The van der Waals surface area contributed by atoms with Gasteiger partial charge in [0.1, 0.15) is 0 Å². The molecule has 3 nitrogen and oxygen atoms in total. The minimum absolute atomic E-state index is 0.225. The van der Waals surface area contributed by atoms with Gasteiger partial charge in [-0.25, -0.2) is 4.98 Å². The number of hydrogen-bond acceptors (Lipinski definition) is 2. The van der Waals surface area contributed by atoms with E-state index in [4.69, 9.17) is 0 Å². The van der Waals surface area contributed by atoms with Crippen LogP contribution in [-0.4, -0.2) is 22.6 Å². The lowest BCUT2D eigenvalue weighted by Crippen LogP contribution is -2.38. The summed E-state index contributed by atoms with van der Waals surface area (Å²) in [5.74, 6) is 0. The van der Waals surface area contributed by atoms with Gasteiger partial charge >= 0.3 is 0 Å². The Kier molecular flexibility index (Phi) is 3.62. The predicted molar refractivity (Wildman–Crippen MR) is 82.4 cm³/mol. The van der Waals surface area contributed by atoms with Crippen LogP contribution in [0.2, 0.25) is 0 Å². The zero-order valence-corrected chi connectivity index (χ0v) is 12.4. The number of piperidine rings is 1. The van der Waals surface area contributed by atoms with Crippen molar-refractivity contribution in [1.29, 1.82) is 0 Å². The van der Waals surface area contributed by atoms with Gasteiger partial charge in [-0.1, -0.05) is 32.0 Å². The van der Waals surface area contributed by atoms with E-state index in [1.165, 1.54) is 29.8 Å². The van der Waals surface area contributed by atoms with E-state index >= 15 is 0 Å². The molecule has 1 aliphatic rings. The Hall–Kier alpha value is -1.61. The molecule has 3 heteroatoms. The van der Waals surface area contributed by atoms with Crippen LogP contribution in [0.15, 0.2) is 36.8 Å². The molecule has 0 spiro atoms. The van der Waals surface area contributed by atoms with Crippen LogP contribution in [0.5, 0.6) is 0 Å². The molecule has 1 aromatic carbocycles. The summed E-state index contributed by atoms with van der Waals surface area (Å²) < 4.78 is 2.30. The third kappa shape index (κ3) is 2.27. The number of aromatic nitrogens is 2. The fourth-order valence-corrected chi connectivity index (χ4v) is 3.21. The summed E-state index contributed by atoms with van der Waals surface area (Å²) in [6.07, 6.45) is 7.42. The molecule has 3 rings (SSSR count). The Labute approximate surface area is 121 Å². The molecule has 1 aliphatic heterocycles. The molecule has 0 unspecified atom stereocenters. The van der Waals surface area contributed by atoms with E-state index in [0.29, 0.717) is 0 Å². The largest absolute Gasteiger partial charge is 0.317 e. The van der Waals surface area contributed by atoms with Gasteiger partial charge in [0.05, 0.1) is 6.33 Å². The molecule has 2 heterocycles. The highest BCUT2D eigenvalue weighted by atomic mass is 15.1. The number of para-hydroxylation sites is 1. The molecule has 0 radical (unpaired) electrons. The number of aryl methyl sites for hydroxylation is 1. The Morgan fingerprint density at radius 3 is 2.75 bits per heavy atom. The van der Waals surface area contributed by atoms with Crippen molar-refractivity contribution in [2.45, 2.75) is 38.5 Å². The third-order valence-corrected chi connectivity index (χ3v) is 4.60. The summed E-state index contributed by atoms with van der Waals surface area (Å²) in [7, 11) is 0. The molecule has 0 aliphatic carbocycles. The molecule has 1 aromatic heterocycles. The van der Waals surface area contributed by atoms with E-state index in [9.17, 15) is 0 Å². The highest BCUT2D eigenvalue weighted by molar-refractivity contribution is 5.43. The van der Waals surface area contributed by atoms with Crippen molar-refractivity contribution in [3.05, 3.63) is 48.0 Å². The molecule has 1 saturated heterocycles. The van der Waals surface area contributed by atoms with Gasteiger partial charge in [-0.15, -0.1) is 0 Å². The topological polar surface area (TPSA) is 29.9 Å². The second-order valence-corrected chi connectivity index (χ2v) is 5.94. The number of nitrogens with one attached hydrogen (secondary N) is 1. The molecule has 0 amide bonds. The lowest BCUT2D eigenvalue weighted by atomic mass is 9.78. The minimum Gasteiger partial charge on any atom is -0.317 e. The molecule has 1 fully saturated rings. The van der Waals surface area contributed by atoms with Crippen LogP contribution in [0.3, 0.4) is 0 Å². The molecule has 0 atom stereocenters. The van der Waals surface area contributed by atoms with Crippen LogP contribution in [0.1, 0.15) is 37.9 Å². The summed E-state index contributed by atoms with van der Waals surface area (Å²) in [5, 5.41) is 3.45. The fourth-order valence-electron chi connectivity index (χ4n) is 3.21. The highest BCUT2D eigenvalue weighted by Gasteiger charge is 2.32. The van der Waals surface area contributed by atoms with E-state index in [1.807, 2.05) is 6.33 Å². The van der Waals surface area contributed by atoms with Crippen LogP contribution in [0.4, 0.5) is 0 Å². The van der Waals surface area contributed by atoms with Gasteiger partial charge in [-0.05, 0) is 44.0 Å². The van der Waals surface area contributed by atoms with Gasteiger partial charge < -0.3 is 9.88 Å². The monoisotopic (exact) mass is 269 g/mol. The van der Waals surface area contributed by atoms with Crippen LogP contribution < -0.4 is 5.32 Å². The number of hydrogen-bond donors (Lipinski definition) is 1. The Morgan fingerprint density at radius 1 is 1.25 bits per heavy atom. The minimum atomic E-state index is 0.225. The molecule has 0 bridgehead atoms. The van der Waals surface area contributed by atoms with Gasteiger partial charge in [0.2, 0.25) is 0 Å². The molecular formula is C17H23N3. The first-order valence-electron chi connectivity index (χ1n) is 7.56.